The summed E-state index contributed by atoms with van der Waals surface area (Å²) in [6, 6.07) is 13.8. The number of carbonyl (C=O) groups is 1. The predicted octanol–water partition coefficient (Wildman–Crippen LogP) is 2.91. The molecule has 3 N–H and O–H groups in total. The summed E-state index contributed by atoms with van der Waals surface area (Å²) in [6.07, 6.45) is 2.38. The van der Waals surface area contributed by atoms with E-state index in [2.05, 4.69) is 15.2 Å². The molecule has 7 nitrogen and oxygen atoms in total. The summed E-state index contributed by atoms with van der Waals surface area (Å²) in [5, 5.41) is 13.4. The molecule has 1 fully saturated rings. The van der Waals surface area contributed by atoms with Crippen molar-refractivity contribution in [1.82, 2.24) is 9.88 Å². The third kappa shape index (κ3) is 4.27. The van der Waals surface area contributed by atoms with Crippen molar-refractivity contribution in [3.63, 3.8) is 0 Å². The number of nitrogens with zero attached hydrogens (tertiary/aromatic N) is 1. The van der Waals surface area contributed by atoms with Gasteiger partial charge >= 0.3 is 0 Å². The van der Waals surface area contributed by atoms with E-state index in [9.17, 15) is 9.90 Å². The largest absolute Gasteiger partial charge is 0.492 e. The van der Waals surface area contributed by atoms with E-state index in [0.29, 0.717) is 18.6 Å². The number of nitrogens with one attached hydrogen (secondary N) is 2. The molecular weight excluding hydrogens is 406 g/mol. The number of H-pyrrole nitrogens is 1. The Balaban J connectivity index is 1.35. The highest BCUT2D eigenvalue weighted by molar-refractivity contribution is 6.35. The number of aliphatic hydroxyl groups excluding tert-OH is 1. The molecule has 1 amide bonds. The second kappa shape index (κ2) is 9.16. The summed E-state index contributed by atoms with van der Waals surface area (Å²) in [4.78, 5) is 18.3. The summed E-state index contributed by atoms with van der Waals surface area (Å²) in [5.74, 6) is 0.703. The van der Waals surface area contributed by atoms with Gasteiger partial charge in [-0.25, -0.2) is 0 Å². The number of amides is 1. The lowest BCUT2D eigenvalue weighted by Gasteiger charge is -2.26. The molecular formula is C25H27N3O4. The van der Waals surface area contributed by atoms with Crippen LogP contribution in [-0.2, 0) is 16.0 Å². The number of anilines is 1. The summed E-state index contributed by atoms with van der Waals surface area (Å²) in [6.45, 7) is 5.05. The number of hydrogen-bond donors (Lipinski definition) is 3. The monoisotopic (exact) mass is 433 g/mol. The predicted molar refractivity (Wildman–Crippen MR) is 125 cm³/mol. The Morgan fingerprint density at radius 1 is 1.16 bits per heavy atom. The maximum atomic E-state index is 12.6. The molecule has 2 aliphatic rings. The van der Waals surface area contributed by atoms with Crippen LogP contribution >= 0.6 is 0 Å². The van der Waals surface area contributed by atoms with Gasteiger partial charge in [0.25, 0.3) is 5.91 Å². The highest BCUT2D eigenvalue weighted by Crippen LogP contribution is 2.36. The molecule has 7 heteroatoms. The normalized spacial score (nSPS) is 17.7. The average Bonchev–Trinajstić information content (AvgIpc) is 3.35. The Bertz CT molecular complexity index is 1160. The van der Waals surface area contributed by atoms with Gasteiger partial charge in [0.1, 0.15) is 12.4 Å². The zero-order chi connectivity index (χ0) is 21.9. The molecule has 5 rings (SSSR count). The van der Waals surface area contributed by atoms with Crippen molar-refractivity contribution in [1.29, 1.82) is 0 Å². The van der Waals surface area contributed by atoms with Crippen LogP contribution in [0, 0.1) is 0 Å². The summed E-state index contributed by atoms with van der Waals surface area (Å²) >= 11 is 0. The standard InChI is InChI=1S/C25H27N3O4/c29-10-6-17-2-1-3-23-24(17)21(25(30)27-23)16-19-14-18-15-20(4-5-22(18)26-19)32-13-9-28-7-11-31-12-8-28/h1-5,14-16,26,29H,6-13H2,(H,27,30)/b21-16+. The van der Waals surface area contributed by atoms with Crippen LogP contribution in [0.1, 0.15) is 16.8 Å². The van der Waals surface area contributed by atoms with Crippen LogP contribution in [0.3, 0.4) is 0 Å². The van der Waals surface area contributed by atoms with Gasteiger partial charge in [-0.2, -0.15) is 0 Å². The first-order chi connectivity index (χ1) is 15.7. The highest BCUT2D eigenvalue weighted by Gasteiger charge is 2.26. The number of morpholine rings is 1. The highest BCUT2D eigenvalue weighted by atomic mass is 16.5. The quantitative estimate of drug-likeness (QED) is 0.499. The zero-order valence-electron chi connectivity index (χ0n) is 17.9. The van der Waals surface area contributed by atoms with Crippen molar-refractivity contribution < 1.29 is 19.4 Å². The maximum Gasteiger partial charge on any atom is 0.256 e. The van der Waals surface area contributed by atoms with Crippen LogP contribution in [-0.4, -0.2) is 67.0 Å². The minimum atomic E-state index is -0.129. The SMILES string of the molecule is O=C1Nc2cccc(CCO)c2/C1=C\c1cc2cc(OCCN3CCOCC3)ccc2[nH]1. The van der Waals surface area contributed by atoms with Gasteiger partial charge in [-0.05, 0) is 48.4 Å². The molecule has 0 unspecified atom stereocenters. The second-order valence-corrected chi connectivity index (χ2v) is 8.10. The Labute approximate surface area is 186 Å². The smallest absolute Gasteiger partial charge is 0.256 e. The van der Waals surface area contributed by atoms with Crippen molar-refractivity contribution in [3.8, 4) is 5.75 Å². The molecule has 166 valence electrons. The van der Waals surface area contributed by atoms with E-state index in [1.165, 1.54) is 0 Å². The van der Waals surface area contributed by atoms with Gasteiger partial charge in [-0.3, -0.25) is 9.69 Å². The molecule has 3 heterocycles. The number of rotatable bonds is 7. The van der Waals surface area contributed by atoms with E-state index in [4.69, 9.17) is 9.47 Å². The minimum Gasteiger partial charge on any atom is -0.492 e. The van der Waals surface area contributed by atoms with E-state index in [0.717, 1.165) is 72.0 Å². The molecule has 0 aliphatic carbocycles. The fourth-order valence-electron chi connectivity index (χ4n) is 4.37. The fourth-order valence-corrected chi connectivity index (χ4v) is 4.37. The third-order valence-corrected chi connectivity index (χ3v) is 5.99. The molecule has 3 aromatic rings. The van der Waals surface area contributed by atoms with Crippen molar-refractivity contribution in [2.24, 2.45) is 0 Å². The molecule has 0 spiro atoms. The van der Waals surface area contributed by atoms with Gasteiger partial charge in [0, 0.05) is 54.1 Å². The lowest BCUT2D eigenvalue weighted by atomic mass is 9.98. The molecule has 0 atom stereocenters. The molecule has 0 bridgehead atoms. The number of aliphatic hydroxyl groups is 1. The molecule has 32 heavy (non-hydrogen) atoms. The number of benzene rings is 2. The molecule has 1 aromatic heterocycles. The molecule has 0 saturated carbocycles. The van der Waals surface area contributed by atoms with Gasteiger partial charge in [-0.15, -0.1) is 0 Å². The molecule has 2 aromatic carbocycles. The maximum absolute atomic E-state index is 12.6. The molecule has 0 radical (unpaired) electrons. The summed E-state index contributed by atoms with van der Waals surface area (Å²) in [7, 11) is 0. The van der Waals surface area contributed by atoms with Crippen LogP contribution in [0.15, 0.2) is 42.5 Å². The van der Waals surface area contributed by atoms with Crippen molar-refractivity contribution in [2.45, 2.75) is 6.42 Å². The molecule has 2 aliphatic heterocycles. The first-order valence-electron chi connectivity index (χ1n) is 11.0. The topological polar surface area (TPSA) is 86.8 Å². The Kier molecular flexibility index (Phi) is 5.94. The Morgan fingerprint density at radius 3 is 2.88 bits per heavy atom. The number of aromatic amines is 1. The van der Waals surface area contributed by atoms with Crippen molar-refractivity contribution in [2.75, 3.05) is 51.4 Å². The van der Waals surface area contributed by atoms with Crippen molar-refractivity contribution in [3.05, 3.63) is 59.3 Å². The van der Waals surface area contributed by atoms with Gasteiger partial charge in [0.2, 0.25) is 0 Å². The number of hydrogen-bond acceptors (Lipinski definition) is 5. The van der Waals surface area contributed by atoms with E-state index in [1.54, 1.807) is 0 Å². The van der Waals surface area contributed by atoms with Gasteiger partial charge in [-0.1, -0.05) is 12.1 Å². The van der Waals surface area contributed by atoms with E-state index in [-0.39, 0.29) is 12.5 Å². The van der Waals surface area contributed by atoms with Crippen molar-refractivity contribution >= 4 is 34.1 Å². The Hall–Kier alpha value is -3.13. The van der Waals surface area contributed by atoms with Crippen LogP contribution in [0.25, 0.3) is 22.6 Å². The van der Waals surface area contributed by atoms with Crippen LogP contribution in [0.4, 0.5) is 5.69 Å². The first kappa shape index (κ1) is 20.8. The Morgan fingerprint density at radius 2 is 2.03 bits per heavy atom. The number of aromatic nitrogens is 1. The zero-order valence-corrected chi connectivity index (χ0v) is 17.9. The number of ether oxygens (including phenoxy) is 2. The van der Waals surface area contributed by atoms with Crippen LogP contribution in [0.2, 0.25) is 0 Å². The molecule has 1 saturated heterocycles. The average molecular weight is 434 g/mol. The van der Waals surface area contributed by atoms with Gasteiger partial charge < -0.3 is 24.9 Å². The van der Waals surface area contributed by atoms with E-state index < -0.39 is 0 Å². The van der Waals surface area contributed by atoms with Crippen LogP contribution < -0.4 is 10.1 Å². The minimum absolute atomic E-state index is 0.0403. The first-order valence-corrected chi connectivity index (χ1v) is 11.0. The van der Waals surface area contributed by atoms with E-state index in [1.807, 2.05) is 48.5 Å². The second-order valence-electron chi connectivity index (χ2n) is 8.10. The number of carbonyl (C=O) groups excluding carboxylic acids is 1. The van der Waals surface area contributed by atoms with Gasteiger partial charge in [0.05, 0.1) is 18.8 Å². The fraction of sp³-hybridized carbons (Fsp3) is 0.320. The lowest BCUT2D eigenvalue weighted by Crippen LogP contribution is -2.38. The van der Waals surface area contributed by atoms with Crippen LogP contribution in [0.5, 0.6) is 5.75 Å². The van der Waals surface area contributed by atoms with Gasteiger partial charge in [0.15, 0.2) is 0 Å². The number of fused-ring (bicyclic) bond motifs is 2. The lowest BCUT2D eigenvalue weighted by molar-refractivity contribution is -0.110. The third-order valence-electron chi connectivity index (χ3n) is 5.99. The summed E-state index contributed by atoms with van der Waals surface area (Å²) in [5.41, 5.74) is 5.07. The van der Waals surface area contributed by atoms with E-state index >= 15 is 0 Å². The summed E-state index contributed by atoms with van der Waals surface area (Å²) < 4.78 is 11.3.